The topological polar surface area (TPSA) is 57.8 Å². The molecule has 2 aromatic rings. The molecule has 0 fully saturated rings. The molecule has 92 valence electrons. The summed E-state index contributed by atoms with van der Waals surface area (Å²) in [6.45, 7) is 0. The van der Waals surface area contributed by atoms with Gasteiger partial charge in [-0.3, -0.25) is 9.89 Å². The molecule has 2 N–H and O–H groups in total. The first kappa shape index (κ1) is 11.0. The number of fused-ring (bicyclic) bond motifs is 1. The van der Waals surface area contributed by atoms with Gasteiger partial charge in [0.2, 0.25) is 5.91 Å². The van der Waals surface area contributed by atoms with Crippen LogP contribution in [-0.4, -0.2) is 16.1 Å². The molecule has 4 nitrogen and oxygen atoms in total. The lowest BCUT2D eigenvalue weighted by molar-refractivity contribution is -0.120. The van der Waals surface area contributed by atoms with Crippen molar-refractivity contribution < 1.29 is 4.79 Å². The van der Waals surface area contributed by atoms with Gasteiger partial charge >= 0.3 is 0 Å². The van der Waals surface area contributed by atoms with E-state index in [1.165, 1.54) is 11.1 Å². The molecule has 1 heterocycles. The first-order valence-electron chi connectivity index (χ1n) is 6.20. The van der Waals surface area contributed by atoms with E-state index in [1.54, 1.807) is 12.3 Å². The number of hydrogen-bond donors (Lipinski definition) is 2. The molecule has 1 aromatic carbocycles. The summed E-state index contributed by atoms with van der Waals surface area (Å²) in [4.78, 5) is 12.1. The predicted molar refractivity (Wildman–Crippen MR) is 69.2 cm³/mol. The Labute approximate surface area is 105 Å². The molecule has 4 heteroatoms. The van der Waals surface area contributed by atoms with Gasteiger partial charge in [0.15, 0.2) is 0 Å². The second-order valence-electron chi connectivity index (χ2n) is 4.67. The second kappa shape index (κ2) is 4.64. The van der Waals surface area contributed by atoms with Crippen LogP contribution >= 0.6 is 0 Å². The molecular weight excluding hydrogens is 226 g/mol. The van der Waals surface area contributed by atoms with Crippen molar-refractivity contribution >= 4 is 11.7 Å². The van der Waals surface area contributed by atoms with Crippen molar-refractivity contribution in [1.82, 2.24) is 10.2 Å². The maximum absolute atomic E-state index is 12.1. The minimum absolute atomic E-state index is 0.0585. The average Bonchev–Trinajstić information content (AvgIpc) is 2.91. The van der Waals surface area contributed by atoms with Gasteiger partial charge in [0.05, 0.1) is 6.20 Å². The molecule has 0 bridgehead atoms. The summed E-state index contributed by atoms with van der Waals surface area (Å²) in [5, 5.41) is 9.43. The second-order valence-corrected chi connectivity index (χ2v) is 4.67. The van der Waals surface area contributed by atoms with Crippen molar-refractivity contribution in [2.75, 3.05) is 5.32 Å². The summed E-state index contributed by atoms with van der Waals surface area (Å²) in [6, 6.07) is 10.1. The first-order chi connectivity index (χ1) is 8.83. The summed E-state index contributed by atoms with van der Waals surface area (Å²) in [6.07, 6.45) is 4.36. The van der Waals surface area contributed by atoms with Gasteiger partial charge in [-0.2, -0.15) is 5.10 Å². The zero-order valence-electron chi connectivity index (χ0n) is 10.0. The zero-order valence-corrected chi connectivity index (χ0v) is 10.0. The molecule has 18 heavy (non-hydrogen) atoms. The smallest absolute Gasteiger partial charge is 0.228 e. The Kier molecular flexibility index (Phi) is 2.84. The van der Waals surface area contributed by atoms with Crippen molar-refractivity contribution in [2.24, 2.45) is 5.92 Å². The minimum Gasteiger partial charge on any atom is -0.311 e. The molecule has 1 aliphatic carbocycles. The summed E-state index contributed by atoms with van der Waals surface area (Å²) in [5.41, 5.74) is 2.68. The highest BCUT2D eigenvalue weighted by Gasteiger charge is 2.24. The van der Waals surface area contributed by atoms with E-state index in [2.05, 4.69) is 33.7 Å². The van der Waals surface area contributed by atoms with Crippen LogP contribution in [-0.2, 0) is 17.6 Å². The highest BCUT2D eigenvalue weighted by atomic mass is 16.1. The number of carbonyl (C=O) groups is 1. The predicted octanol–water partition coefficient (Wildman–Crippen LogP) is 2.15. The van der Waals surface area contributed by atoms with Crippen molar-refractivity contribution in [3.05, 3.63) is 47.7 Å². The molecule has 1 aromatic heterocycles. The standard InChI is InChI=1S/C14H15N3O/c18-14(16-13-7-8-15-17-13)12-6-5-10-3-1-2-4-11(10)9-12/h1-4,7-8,12H,5-6,9H2,(H2,15,16,17,18). The molecule has 1 unspecified atom stereocenters. The number of nitrogens with zero attached hydrogens (tertiary/aromatic N) is 1. The minimum atomic E-state index is 0.0585. The van der Waals surface area contributed by atoms with Crippen LogP contribution in [0.15, 0.2) is 36.5 Å². The van der Waals surface area contributed by atoms with Crippen molar-refractivity contribution in [1.29, 1.82) is 0 Å². The largest absolute Gasteiger partial charge is 0.311 e. The van der Waals surface area contributed by atoms with E-state index in [0.29, 0.717) is 5.82 Å². The summed E-state index contributed by atoms with van der Waals surface area (Å²) >= 11 is 0. The lowest BCUT2D eigenvalue weighted by Gasteiger charge is -2.23. The molecule has 0 saturated heterocycles. The van der Waals surface area contributed by atoms with Crippen LogP contribution in [0.4, 0.5) is 5.82 Å². The molecule has 3 rings (SSSR count). The zero-order chi connectivity index (χ0) is 12.4. The number of carbonyl (C=O) groups excluding carboxylic acids is 1. The molecule has 0 aliphatic heterocycles. The Morgan fingerprint density at radius 3 is 2.89 bits per heavy atom. The highest BCUT2D eigenvalue weighted by Crippen LogP contribution is 2.26. The van der Waals surface area contributed by atoms with E-state index in [4.69, 9.17) is 0 Å². The molecular formula is C14H15N3O. The maximum Gasteiger partial charge on any atom is 0.228 e. The number of aromatic nitrogens is 2. The van der Waals surface area contributed by atoms with Crippen molar-refractivity contribution in [3.63, 3.8) is 0 Å². The van der Waals surface area contributed by atoms with E-state index in [1.807, 2.05) is 6.07 Å². The van der Waals surface area contributed by atoms with Crippen LogP contribution in [0, 0.1) is 5.92 Å². The third kappa shape index (κ3) is 2.14. The van der Waals surface area contributed by atoms with Crippen LogP contribution < -0.4 is 5.32 Å². The number of anilines is 1. The number of rotatable bonds is 2. The van der Waals surface area contributed by atoms with Gasteiger partial charge in [-0.1, -0.05) is 24.3 Å². The number of aryl methyl sites for hydroxylation is 1. The van der Waals surface area contributed by atoms with Crippen LogP contribution in [0.1, 0.15) is 17.5 Å². The molecule has 1 atom stereocenters. The van der Waals surface area contributed by atoms with E-state index >= 15 is 0 Å². The third-order valence-corrected chi connectivity index (χ3v) is 3.48. The Morgan fingerprint density at radius 1 is 1.28 bits per heavy atom. The Morgan fingerprint density at radius 2 is 2.11 bits per heavy atom. The monoisotopic (exact) mass is 241 g/mol. The van der Waals surface area contributed by atoms with Gasteiger partial charge in [0.25, 0.3) is 0 Å². The number of aromatic amines is 1. The molecule has 1 amide bonds. The quantitative estimate of drug-likeness (QED) is 0.846. The number of H-pyrrole nitrogens is 1. The van der Waals surface area contributed by atoms with Crippen LogP contribution in [0.25, 0.3) is 0 Å². The van der Waals surface area contributed by atoms with Gasteiger partial charge in [-0.25, -0.2) is 0 Å². The van der Waals surface area contributed by atoms with Crippen LogP contribution in [0.2, 0.25) is 0 Å². The maximum atomic E-state index is 12.1. The number of benzene rings is 1. The highest BCUT2D eigenvalue weighted by molar-refractivity contribution is 5.92. The van der Waals surface area contributed by atoms with Gasteiger partial charge in [-0.05, 0) is 30.4 Å². The Bertz CT molecular complexity index is 548. The van der Waals surface area contributed by atoms with Gasteiger partial charge < -0.3 is 5.32 Å². The van der Waals surface area contributed by atoms with E-state index in [-0.39, 0.29) is 11.8 Å². The molecule has 0 spiro atoms. The van der Waals surface area contributed by atoms with E-state index in [0.717, 1.165) is 19.3 Å². The molecule has 1 aliphatic rings. The molecule has 0 saturated carbocycles. The fraction of sp³-hybridized carbons (Fsp3) is 0.286. The fourth-order valence-electron chi connectivity index (χ4n) is 2.48. The Balaban J connectivity index is 1.70. The number of amides is 1. The van der Waals surface area contributed by atoms with Gasteiger partial charge in [0, 0.05) is 12.0 Å². The van der Waals surface area contributed by atoms with Crippen molar-refractivity contribution in [3.8, 4) is 0 Å². The summed E-state index contributed by atoms with van der Waals surface area (Å²) in [5.74, 6) is 0.802. The lowest BCUT2D eigenvalue weighted by atomic mass is 9.83. The van der Waals surface area contributed by atoms with Crippen LogP contribution in [0.5, 0.6) is 0 Å². The Hall–Kier alpha value is -2.10. The van der Waals surface area contributed by atoms with E-state index in [9.17, 15) is 4.79 Å². The molecule has 0 radical (unpaired) electrons. The SMILES string of the molecule is O=C(Nc1ccn[nH]1)C1CCc2ccccc2C1. The summed E-state index contributed by atoms with van der Waals surface area (Å²) in [7, 11) is 0. The third-order valence-electron chi connectivity index (χ3n) is 3.48. The van der Waals surface area contributed by atoms with Gasteiger partial charge in [-0.15, -0.1) is 0 Å². The number of nitrogens with one attached hydrogen (secondary N) is 2. The summed E-state index contributed by atoms with van der Waals surface area (Å²) < 4.78 is 0. The van der Waals surface area contributed by atoms with Crippen LogP contribution in [0.3, 0.4) is 0 Å². The average molecular weight is 241 g/mol. The number of hydrogen-bond acceptors (Lipinski definition) is 2. The van der Waals surface area contributed by atoms with Crippen molar-refractivity contribution in [2.45, 2.75) is 19.3 Å². The van der Waals surface area contributed by atoms with Gasteiger partial charge in [0.1, 0.15) is 5.82 Å². The normalized spacial score (nSPS) is 18.1. The first-order valence-corrected chi connectivity index (χ1v) is 6.20. The fourth-order valence-corrected chi connectivity index (χ4v) is 2.48. The van der Waals surface area contributed by atoms with E-state index < -0.39 is 0 Å². The lowest BCUT2D eigenvalue weighted by Crippen LogP contribution is -2.28.